The van der Waals surface area contributed by atoms with Gasteiger partial charge in [-0.1, -0.05) is 48.5 Å². The summed E-state index contributed by atoms with van der Waals surface area (Å²) in [4.78, 5) is 12.5. The molecule has 0 bridgehead atoms. The molecule has 1 amide bonds. The number of phenols is 1. The maximum absolute atomic E-state index is 12.5. The van der Waals surface area contributed by atoms with Gasteiger partial charge in [-0.3, -0.25) is 4.79 Å². The van der Waals surface area contributed by atoms with Crippen LogP contribution in [0.2, 0.25) is 0 Å². The molecular formula is C19H18N2O2. The van der Waals surface area contributed by atoms with Crippen LogP contribution in [0, 0.1) is 0 Å². The molecule has 1 heterocycles. The number of phenolic OH excluding ortho intramolecular Hbond substituents is 1. The Morgan fingerprint density at radius 2 is 1.87 bits per heavy atom. The third kappa shape index (κ3) is 3.31. The SMILES string of the molecule is CC1=NN(C(=O)/C=C/c2ccccc2)C(c2ccccc2O)C1. The highest BCUT2D eigenvalue weighted by Gasteiger charge is 2.31. The van der Waals surface area contributed by atoms with E-state index in [0.29, 0.717) is 6.42 Å². The fourth-order valence-electron chi connectivity index (χ4n) is 2.68. The first-order chi connectivity index (χ1) is 11.1. The zero-order valence-corrected chi connectivity index (χ0v) is 12.9. The zero-order chi connectivity index (χ0) is 16.2. The Hall–Kier alpha value is -2.88. The molecule has 1 unspecified atom stereocenters. The molecule has 3 rings (SSSR count). The number of aromatic hydroxyl groups is 1. The second-order valence-corrected chi connectivity index (χ2v) is 5.54. The second kappa shape index (κ2) is 6.48. The zero-order valence-electron chi connectivity index (χ0n) is 12.9. The molecule has 4 nitrogen and oxygen atoms in total. The number of carbonyl (C=O) groups excluding carboxylic acids is 1. The van der Waals surface area contributed by atoms with E-state index in [9.17, 15) is 9.90 Å². The van der Waals surface area contributed by atoms with E-state index in [1.165, 1.54) is 11.1 Å². The van der Waals surface area contributed by atoms with E-state index >= 15 is 0 Å². The van der Waals surface area contributed by atoms with E-state index in [-0.39, 0.29) is 17.7 Å². The summed E-state index contributed by atoms with van der Waals surface area (Å²) < 4.78 is 0. The Morgan fingerprint density at radius 3 is 2.61 bits per heavy atom. The minimum atomic E-state index is -0.260. The van der Waals surface area contributed by atoms with Gasteiger partial charge in [0.15, 0.2) is 0 Å². The highest BCUT2D eigenvalue weighted by Crippen LogP contribution is 2.35. The first-order valence-electron chi connectivity index (χ1n) is 7.53. The van der Waals surface area contributed by atoms with Gasteiger partial charge in [0.2, 0.25) is 0 Å². The minimum absolute atomic E-state index is 0.187. The van der Waals surface area contributed by atoms with Gasteiger partial charge in [-0.15, -0.1) is 0 Å². The lowest BCUT2D eigenvalue weighted by Gasteiger charge is -2.21. The van der Waals surface area contributed by atoms with Gasteiger partial charge in [-0.25, -0.2) is 5.01 Å². The number of rotatable bonds is 3. The number of benzene rings is 2. The third-order valence-corrected chi connectivity index (χ3v) is 3.80. The molecule has 2 aromatic rings. The Kier molecular flexibility index (Phi) is 4.24. The van der Waals surface area contributed by atoms with Crippen molar-refractivity contribution in [3.05, 3.63) is 71.8 Å². The molecule has 0 saturated carbocycles. The molecule has 1 aliphatic heterocycles. The average Bonchev–Trinajstić information content (AvgIpc) is 2.96. The number of nitrogens with zero attached hydrogens (tertiary/aromatic N) is 2. The van der Waals surface area contributed by atoms with Crippen LogP contribution in [0.15, 0.2) is 65.8 Å². The Morgan fingerprint density at radius 1 is 1.17 bits per heavy atom. The van der Waals surface area contributed by atoms with Crippen molar-refractivity contribution in [2.75, 3.05) is 0 Å². The summed E-state index contributed by atoms with van der Waals surface area (Å²) in [5.41, 5.74) is 2.55. The Balaban J connectivity index is 1.83. The van der Waals surface area contributed by atoms with Crippen molar-refractivity contribution in [2.24, 2.45) is 5.10 Å². The van der Waals surface area contributed by atoms with Crippen LogP contribution in [-0.2, 0) is 4.79 Å². The Bertz CT molecular complexity index is 766. The molecule has 1 atom stereocenters. The maximum Gasteiger partial charge on any atom is 0.267 e. The molecule has 4 heteroatoms. The summed E-state index contributed by atoms with van der Waals surface area (Å²) in [5.74, 6) is -0.00815. The highest BCUT2D eigenvalue weighted by molar-refractivity contribution is 5.95. The van der Waals surface area contributed by atoms with Crippen LogP contribution >= 0.6 is 0 Å². The van der Waals surface area contributed by atoms with Crippen LogP contribution in [0.25, 0.3) is 6.08 Å². The van der Waals surface area contributed by atoms with Crippen molar-refractivity contribution in [1.82, 2.24) is 5.01 Å². The smallest absolute Gasteiger partial charge is 0.267 e. The molecule has 2 aromatic carbocycles. The van der Waals surface area contributed by atoms with Crippen molar-refractivity contribution in [3.63, 3.8) is 0 Å². The van der Waals surface area contributed by atoms with E-state index in [1.807, 2.05) is 49.4 Å². The van der Waals surface area contributed by atoms with Crippen molar-refractivity contribution >= 4 is 17.7 Å². The summed E-state index contributed by atoms with van der Waals surface area (Å²) in [6.45, 7) is 1.89. The van der Waals surface area contributed by atoms with Crippen molar-refractivity contribution in [3.8, 4) is 5.75 Å². The van der Waals surface area contributed by atoms with Gasteiger partial charge in [-0.05, 0) is 24.6 Å². The molecule has 1 N–H and O–H groups in total. The number of para-hydroxylation sites is 1. The molecule has 0 fully saturated rings. The molecule has 0 saturated heterocycles. The van der Waals surface area contributed by atoms with Gasteiger partial charge in [-0.2, -0.15) is 5.10 Å². The van der Waals surface area contributed by atoms with Crippen LogP contribution in [-0.4, -0.2) is 21.7 Å². The normalized spacial score (nSPS) is 17.5. The molecule has 116 valence electrons. The lowest BCUT2D eigenvalue weighted by atomic mass is 10.0. The summed E-state index contributed by atoms with van der Waals surface area (Å²) in [6.07, 6.45) is 3.92. The monoisotopic (exact) mass is 306 g/mol. The largest absolute Gasteiger partial charge is 0.508 e. The van der Waals surface area contributed by atoms with Gasteiger partial charge in [0.25, 0.3) is 5.91 Å². The first-order valence-corrected chi connectivity index (χ1v) is 7.53. The topological polar surface area (TPSA) is 52.9 Å². The van der Waals surface area contributed by atoms with Crippen LogP contribution in [0.3, 0.4) is 0 Å². The lowest BCUT2D eigenvalue weighted by Crippen LogP contribution is -2.25. The number of carbonyl (C=O) groups is 1. The van der Waals surface area contributed by atoms with E-state index in [1.54, 1.807) is 18.2 Å². The fourth-order valence-corrected chi connectivity index (χ4v) is 2.68. The number of hydrogen-bond donors (Lipinski definition) is 1. The fraction of sp³-hybridized carbons (Fsp3) is 0.158. The quantitative estimate of drug-likeness (QED) is 0.878. The molecule has 0 spiro atoms. The number of amides is 1. The Labute approximate surface area is 135 Å². The van der Waals surface area contributed by atoms with Gasteiger partial charge >= 0.3 is 0 Å². The predicted molar refractivity (Wildman–Crippen MR) is 90.9 cm³/mol. The lowest BCUT2D eigenvalue weighted by molar-refractivity contribution is -0.127. The number of hydrogen-bond acceptors (Lipinski definition) is 3. The molecular weight excluding hydrogens is 288 g/mol. The molecule has 1 aliphatic rings. The van der Waals surface area contributed by atoms with E-state index < -0.39 is 0 Å². The maximum atomic E-state index is 12.5. The minimum Gasteiger partial charge on any atom is -0.508 e. The predicted octanol–water partition coefficient (Wildman–Crippen LogP) is 3.75. The standard InChI is InChI=1S/C19H18N2O2/c1-14-13-17(16-9-5-6-10-18(16)22)21(20-14)19(23)12-11-15-7-3-2-4-8-15/h2-12,17,22H,13H2,1H3/b12-11+. The van der Waals surface area contributed by atoms with E-state index in [2.05, 4.69) is 5.10 Å². The molecule has 0 radical (unpaired) electrons. The molecule has 0 aromatic heterocycles. The summed E-state index contributed by atoms with van der Waals surface area (Å²) in [5, 5.41) is 15.8. The summed E-state index contributed by atoms with van der Waals surface area (Å²) >= 11 is 0. The summed E-state index contributed by atoms with van der Waals surface area (Å²) in [7, 11) is 0. The third-order valence-electron chi connectivity index (χ3n) is 3.80. The van der Waals surface area contributed by atoms with Crippen LogP contribution < -0.4 is 0 Å². The molecule has 23 heavy (non-hydrogen) atoms. The van der Waals surface area contributed by atoms with Crippen LogP contribution in [0.5, 0.6) is 5.75 Å². The van der Waals surface area contributed by atoms with Crippen LogP contribution in [0.1, 0.15) is 30.5 Å². The van der Waals surface area contributed by atoms with E-state index in [0.717, 1.165) is 16.8 Å². The van der Waals surface area contributed by atoms with Crippen molar-refractivity contribution < 1.29 is 9.90 Å². The number of hydrazone groups is 1. The van der Waals surface area contributed by atoms with E-state index in [4.69, 9.17) is 0 Å². The average molecular weight is 306 g/mol. The van der Waals surface area contributed by atoms with Gasteiger partial charge < -0.3 is 5.11 Å². The van der Waals surface area contributed by atoms with Crippen molar-refractivity contribution in [1.29, 1.82) is 0 Å². The highest BCUT2D eigenvalue weighted by atomic mass is 16.3. The van der Waals surface area contributed by atoms with Gasteiger partial charge in [0, 0.05) is 23.8 Å². The first kappa shape index (κ1) is 15.0. The van der Waals surface area contributed by atoms with Crippen LogP contribution in [0.4, 0.5) is 0 Å². The van der Waals surface area contributed by atoms with Gasteiger partial charge in [0.1, 0.15) is 5.75 Å². The summed E-state index contributed by atoms with van der Waals surface area (Å²) in [6, 6.07) is 16.5. The molecule has 0 aliphatic carbocycles. The second-order valence-electron chi connectivity index (χ2n) is 5.54. The van der Waals surface area contributed by atoms with Crippen molar-refractivity contribution in [2.45, 2.75) is 19.4 Å². The van der Waals surface area contributed by atoms with Gasteiger partial charge in [0.05, 0.1) is 6.04 Å².